The Morgan fingerprint density at radius 3 is 1.75 bits per heavy atom. The van der Waals surface area contributed by atoms with Gasteiger partial charge in [-0.1, -0.05) is 67.7 Å². The number of rotatable bonds is 22. The first kappa shape index (κ1) is 30.0. The van der Waals surface area contributed by atoms with Crippen molar-refractivity contribution < 1.29 is 19.0 Å². The molecular weight excluding hydrogens is 402 g/mol. The molecule has 0 aliphatic heterocycles. The number of allylic oxidation sites excluding steroid dienone is 10. The summed E-state index contributed by atoms with van der Waals surface area (Å²) in [6.45, 7) is 5.45. The molecule has 0 aliphatic carbocycles. The lowest BCUT2D eigenvalue weighted by Gasteiger charge is -2.07. The Bertz CT molecular complexity index is 550. The fraction of sp³-hybridized carbons (Fsp3) is 0.593. The van der Waals surface area contributed by atoms with Gasteiger partial charge in [-0.25, -0.2) is 0 Å². The molecule has 0 atom stereocenters. The van der Waals surface area contributed by atoms with Crippen LogP contribution in [0.2, 0.25) is 0 Å². The van der Waals surface area contributed by atoms with Crippen molar-refractivity contribution in [2.45, 2.75) is 58.3 Å². The third-order valence-electron chi connectivity index (χ3n) is 4.30. The summed E-state index contributed by atoms with van der Waals surface area (Å²) >= 11 is 0. The molecule has 0 aliphatic rings. The second kappa shape index (κ2) is 27.1. The predicted octanol–water partition coefficient (Wildman–Crippen LogP) is 5.70. The minimum absolute atomic E-state index is 0.0808. The van der Waals surface area contributed by atoms with Crippen LogP contribution in [0.4, 0.5) is 0 Å². The average molecular weight is 448 g/mol. The summed E-state index contributed by atoms with van der Waals surface area (Å²) in [7, 11) is 1.64. The standard InChI is InChI=1S/C27H45NO4/c1-3-4-5-6-7-8-9-10-11-12-13-14-15-16-17-18-19-20-27(29)28-21-22-31-25-26-32-24-23-30-2/h4-5,7-8,10-11,13-14,16-17H,3,6,9,12,15,18-26H2,1-2H3,(H,28,29)/b5-4-,8-7-,11-10-,14-13-,17-16-. The van der Waals surface area contributed by atoms with Gasteiger partial charge in [-0.05, 0) is 44.9 Å². The van der Waals surface area contributed by atoms with E-state index >= 15 is 0 Å². The van der Waals surface area contributed by atoms with Crippen LogP contribution in [0.3, 0.4) is 0 Å². The van der Waals surface area contributed by atoms with Crippen molar-refractivity contribution in [3.8, 4) is 0 Å². The Balaban J connectivity index is 3.43. The molecule has 5 heteroatoms. The van der Waals surface area contributed by atoms with E-state index in [4.69, 9.17) is 14.2 Å². The van der Waals surface area contributed by atoms with E-state index in [9.17, 15) is 4.79 Å². The first-order valence-corrected chi connectivity index (χ1v) is 12.0. The van der Waals surface area contributed by atoms with Crippen LogP contribution in [0, 0.1) is 0 Å². The molecule has 0 radical (unpaired) electrons. The number of hydrogen-bond acceptors (Lipinski definition) is 4. The molecule has 0 unspecified atom stereocenters. The van der Waals surface area contributed by atoms with E-state index < -0.39 is 0 Å². The van der Waals surface area contributed by atoms with E-state index in [1.165, 1.54) is 0 Å². The molecule has 0 spiro atoms. The maximum atomic E-state index is 11.8. The number of carbonyl (C=O) groups excluding carboxylic acids is 1. The molecule has 0 fully saturated rings. The van der Waals surface area contributed by atoms with E-state index in [1.54, 1.807) is 7.11 Å². The van der Waals surface area contributed by atoms with E-state index in [-0.39, 0.29) is 5.91 Å². The van der Waals surface area contributed by atoms with Crippen LogP contribution in [-0.2, 0) is 19.0 Å². The Labute approximate surface area is 196 Å². The zero-order valence-corrected chi connectivity index (χ0v) is 20.3. The van der Waals surface area contributed by atoms with Crippen LogP contribution in [-0.4, -0.2) is 52.6 Å². The lowest BCUT2D eigenvalue weighted by atomic mass is 10.2. The molecule has 0 aromatic rings. The van der Waals surface area contributed by atoms with Gasteiger partial charge >= 0.3 is 0 Å². The number of ether oxygens (including phenoxy) is 3. The molecule has 182 valence electrons. The number of unbranched alkanes of at least 4 members (excludes halogenated alkanes) is 1. The highest BCUT2D eigenvalue weighted by Crippen LogP contribution is 1.99. The highest BCUT2D eigenvalue weighted by Gasteiger charge is 1.99. The first-order chi connectivity index (χ1) is 15.8. The van der Waals surface area contributed by atoms with Gasteiger partial charge in [0.2, 0.25) is 5.91 Å². The van der Waals surface area contributed by atoms with E-state index in [2.05, 4.69) is 73.0 Å². The summed E-state index contributed by atoms with van der Waals surface area (Å²) in [5.41, 5.74) is 0. The van der Waals surface area contributed by atoms with E-state index in [1.807, 2.05) is 0 Å². The molecule has 1 amide bonds. The Morgan fingerprint density at radius 1 is 0.688 bits per heavy atom. The van der Waals surface area contributed by atoms with Crippen molar-refractivity contribution in [1.29, 1.82) is 0 Å². The molecule has 5 nitrogen and oxygen atoms in total. The zero-order valence-electron chi connectivity index (χ0n) is 20.3. The normalized spacial score (nSPS) is 12.4. The molecule has 0 rings (SSSR count). The summed E-state index contributed by atoms with van der Waals surface area (Å²) in [6.07, 6.45) is 29.3. The van der Waals surface area contributed by atoms with Gasteiger partial charge < -0.3 is 19.5 Å². The number of hydrogen-bond donors (Lipinski definition) is 1. The van der Waals surface area contributed by atoms with Crippen LogP contribution < -0.4 is 5.32 Å². The minimum Gasteiger partial charge on any atom is -0.382 e. The van der Waals surface area contributed by atoms with Gasteiger partial charge in [0.15, 0.2) is 0 Å². The molecule has 0 aromatic carbocycles. The van der Waals surface area contributed by atoms with Gasteiger partial charge in [-0.2, -0.15) is 0 Å². The molecule has 0 saturated carbocycles. The Morgan fingerprint density at radius 2 is 1.19 bits per heavy atom. The quantitative estimate of drug-likeness (QED) is 0.171. The van der Waals surface area contributed by atoms with Crippen molar-refractivity contribution in [2.24, 2.45) is 0 Å². The average Bonchev–Trinajstić information content (AvgIpc) is 2.80. The van der Waals surface area contributed by atoms with Gasteiger partial charge in [0.05, 0.1) is 33.0 Å². The number of methoxy groups -OCH3 is 1. The lowest BCUT2D eigenvalue weighted by molar-refractivity contribution is -0.121. The van der Waals surface area contributed by atoms with Gasteiger partial charge in [-0.15, -0.1) is 0 Å². The van der Waals surface area contributed by atoms with Crippen molar-refractivity contribution in [2.75, 3.05) is 46.7 Å². The van der Waals surface area contributed by atoms with Crippen LogP contribution >= 0.6 is 0 Å². The minimum atomic E-state index is 0.0808. The fourth-order valence-electron chi connectivity index (χ4n) is 2.56. The lowest BCUT2D eigenvalue weighted by Crippen LogP contribution is -2.27. The second-order valence-corrected chi connectivity index (χ2v) is 7.17. The third kappa shape index (κ3) is 26.1. The summed E-state index contributed by atoms with van der Waals surface area (Å²) in [5.74, 6) is 0.0808. The molecular formula is C27H45NO4. The highest BCUT2D eigenvalue weighted by atomic mass is 16.5. The van der Waals surface area contributed by atoms with Crippen molar-refractivity contribution in [3.63, 3.8) is 0 Å². The number of nitrogens with one attached hydrogen (secondary N) is 1. The predicted molar refractivity (Wildman–Crippen MR) is 135 cm³/mol. The van der Waals surface area contributed by atoms with Crippen LogP contribution in [0.25, 0.3) is 0 Å². The number of carbonyl (C=O) groups is 1. The van der Waals surface area contributed by atoms with E-state index in [0.29, 0.717) is 46.0 Å². The highest BCUT2D eigenvalue weighted by molar-refractivity contribution is 5.75. The molecule has 0 bridgehead atoms. The molecule has 1 N–H and O–H groups in total. The molecule has 0 saturated heterocycles. The van der Waals surface area contributed by atoms with Crippen molar-refractivity contribution in [1.82, 2.24) is 5.32 Å². The van der Waals surface area contributed by atoms with E-state index in [0.717, 1.165) is 44.9 Å². The summed E-state index contributed by atoms with van der Waals surface area (Å²) in [5, 5.41) is 2.87. The van der Waals surface area contributed by atoms with Crippen LogP contribution in [0.5, 0.6) is 0 Å². The summed E-state index contributed by atoms with van der Waals surface area (Å²) in [4.78, 5) is 11.8. The smallest absolute Gasteiger partial charge is 0.220 e. The fourth-order valence-corrected chi connectivity index (χ4v) is 2.56. The van der Waals surface area contributed by atoms with Crippen LogP contribution in [0.1, 0.15) is 58.3 Å². The zero-order chi connectivity index (χ0) is 23.4. The van der Waals surface area contributed by atoms with Gasteiger partial charge in [0, 0.05) is 20.1 Å². The number of amides is 1. The van der Waals surface area contributed by atoms with Gasteiger partial charge in [0.25, 0.3) is 0 Å². The molecule has 32 heavy (non-hydrogen) atoms. The molecule has 0 heterocycles. The summed E-state index contributed by atoms with van der Waals surface area (Å²) < 4.78 is 15.6. The molecule has 0 aromatic heterocycles. The van der Waals surface area contributed by atoms with Crippen molar-refractivity contribution >= 4 is 5.91 Å². The maximum absolute atomic E-state index is 11.8. The first-order valence-electron chi connectivity index (χ1n) is 12.0. The van der Waals surface area contributed by atoms with Gasteiger partial charge in [-0.3, -0.25) is 4.79 Å². The van der Waals surface area contributed by atoms with Crippen molar-refractivity contribution in [3.05, 3.63) is 60.8 Å². The second-order valence-electron chi connectivity index (χ2n) is 7.17. The summed E-state index contributed by atoms with van der Waals surface area (Å²) in [6, 6.07) is 0. The van der Waals surface area contributed by atoms with Crippen LogP contribution in [0.15, 0.2) is 60.8 Å². The Kier molecular flexibility index (Phi) is 25.4. The third-order valence-corrected chi connectivity index (χ3v) is 4.30. The largest absolute Gasteiger partial charge is 0.382 e. The van der Waals surface area contributed by atoms with Gasteiger partial charge in [0.1, 0.15) is 0 Å². The Hall–Kier alpha value is -1.95. The topological polar surface area (TPSA) is 56.8 Å². The SMILES string of the molecule is CC/C=C\C/C=C\C/C=C\C/C=C\C/C=C\CCCC(=O)NCCOCCOCCOC. The monoisotopic (exact) mass is 447 g/mol. The maximum Gasteiger partial charge on any atom is 0.220 e.